The Morgan fingerprint density at radius 2 is 1.89 bits per heavy atom. The normalized spacial score (nSPS) is 15.8. The van der Waals surface area contributed by atoms with Crippen molar-refractivity contribution in [3.63, 3.8) is 0 Å². The van der Waals surface area contributed by atoms with Crippen LogP contribution >= 0.6 is 0 Å². The van der Waals surface area contributed by atoms with E-state index in [4.69, 9.17) is 9.47 Å². The Balaban J connectivity index is 1.61. The Labute approximate surface area is 212 Å². The summed E-state index contributed by atoms with van der Waals surface area (Å²) in [4.78, 5) is 33.6. The zero-order valence-corrected chi connectivity index (χ0v) is 20.8. The Hall–Kier alpha value is -3.93. The summed E-state index contributed by atoms with van der Waals surface area (Å²) in [5.74, 6) is 0.477. The lowest BCUT2D eigenvalue weighted by molar-refractivity contribution is -0.137. The molecular weight excluding hydrogens is 452 g/mol. The minimum Gasteiger partial charge on any atom is -0.493 e. The third-order valence-electron chi connectivity index (χ3n) is 6.45. The summed E-state index contributed by atoms with van der Waals surface area (Å²) in [5.41, 5.74) is 2.53. The molecule has 0 N–H and O–H groups in total. The minimum absolute atomic E-state index is 0.0241. The van der Waals surface area contributed by atoms with Crippen LogP contribution in [0.15, 0.2) is 85.2 Å². The second-order valence-electron chi connectivity index (χ2n) is 8.81. The van der Waals surface area contributed by atoms with E-state index in [1.807, 2.05) is 66.6 Å². The van der Waals surface area contributed by atoms with Gasteiger partial charge in [0.25, 0.3) is 0 Å². The monoisotopic (exact) mass is 484 g/mol. The second-order valence-corrected chi connectivity index (χ2v) is 8.81. The van der Waals surface area contributed by atoms with Crippen molar-refractivity contribution < 1.29 is 19.1 Å². The Kier molecular flexibility index (Phi) is 8.50. The highest BCUT2D eigenvalue weighted by molar-refractivity contribution is 5.99. The fourth-order valence-corrected chi connectivity index (χ4v) is 4.64. The van der Waals surface area contributed by atoms with Crippen LogP contribution in [0.25, 0.3) is 0 Å². The highest BCUT2D eigenvalue weighted by Crippen LogP contribution is 2.32. The number of amides is 1. The largest absolute Gasteiger partial charge is 0.493 e. The molecule has 1 aliphatic heterocycles. The van der Waals surface area contributed by atoms with Gasteiger partial charge in [0, 0.05) is 36.8 Å². The van der Waals surface area contributed by atoms with E-state index in [1.165, 1.54) is 0 Å². The van der Waals surface area contributed by atoms with Gasteiger partial charge in [0.1, 0.15) is 0 Å². The highest BCUT2D eigenvalue weighted by atomic mass is 16.5. The predicted octanol–water partition coefficient (Wildman–Crippen LogP) is 5.45. The fourth-order valence-electron chi connectivity index (χ4n) is 4.64. The summed E-state index contributed by atoms with van der Waals surface area (Å²) >= 11 is 0. The van der Waals surface area contributed by atoms with Crippen molar-refractivity contribution in [3.8, 4) is 11.5 Å². The third kappa shape index (κ3) is 6.00. The minimum atomic E-state index is -0.497. The van der Waals surface area contributed by atoms with Gasteiger partial charge < -0.3 is 14.4 Å². The van der Waals surface area contributed by atoms with Gasteiger partial charge in [0.2, 0.25) is 5.91 Å². The van der Waals surface area contributed by atoms with E-state index in [9.17, 15) is 9.59 Å². The molecule has 0 bridgehead atoms. The van der Waals surface area contributed by atoms with Crippen LogP contribution in [-0.4, -0.2) is 41.8 Å². The van der Waals surface area contributed by atoms with Gasteiger partial charge in [0.15, 0.2) is 17.3 Å². The lowest BCUT2D eigenvalue weighted by Gasteiger charge is -2.35. The molecule has 0 saturated carbocycles. The van der Waals surface area contributed by atoms with Gasteiger partial charge in [0.05, 0.1) is 19.8 Å². The number of carbonyl (C=O) groups excluding carboxylic acids is 2. The molecule has 1 amide bonds. The summed E-state index contributed by atoms with van der Waals surface area (Å²) in [7, 11) is 1.57. The van der Waals surface area contributed by atoms with Gasteiger partial charge in [-0.3, -0.25) is 14.6 Å². The molecule has 4 rings (SSSR count). The lowest BCUT2D eigenvalue weighted by atomic mass is 9.89. The molecule has 3 aromatic rings. The Morgan fingerprint density at radius 3 is 2.61 bits per heavy atom. The van der Waals surface area contributed by atoms with E-state index in [2.05, 4.69) is 11.1 Å². The molecule has 0 aliphatic carbocycles. The molecule has 186 valence electrons. The average Bonchev–Trinajstić information content (AvgIpc) is 2.93. The number of methoxy groups -OCH3 is 1. The van der Waals surface area contributed by atoms with Crippen molar-refractivity contribution in [1.29, 1.82) is 0 Å². The Bertz CT molecular complexity index is 1190. The van der Waals surface area contributed by atoms with Crippen LogP contribution in [-0.2, 0) is 11.2 Å². The average molecular weight is 485 g/mol. The zero-order valence-electron chi connectivity index (χ0n) is 20.8. The molecule has 1 unspecified atom stereocenters. The summed E-state index contributed by atoms with van der Waals surface area (Å²) < 4.78 is 11.0. The molecule has 2 atom stereocenters. The molecule has 2 heterocycles. The number of pyridine rings is 1. The summed E-state index contributed by atoms with van der Waals surface area (Å²) in [6, 6.07) is 18.8. The molecule has 0 fully saturated rings. The van der Waals surface area contributed by atoms with Crippen LogP contribution in [0.2, 0.25) is 0 Å². The summed E-state index contributed by atoms with van der Waals surface area (Å²) in [6.07, 6.45) is 8.98. The molecule has 1 aromatic heterocycles. The number of ketones is 1. The molecule has 2 aromatic carbocycles. The SMILES string of the molecule is CCOc1cc(C(=O)C[C@H](Cc2ccccc2)C(=O)N2CC=CCC2c2cccnc2)ccc1OC. The number of nitrogens with zero attached hydrogens (tertiary/aromatic N) is 2. The van der Waals surface area contributed by atoms with Crippen molar-refractivity contribution in [2.24, 2.45) is 5.92 Å². The first-order valence-corrected chi connectivity index (χ1v) is 12.3. The molecule has 0 saturated heterocycles. The standard InChI is InChI=1S/C30H32N2O4/c1-3-36-29-20-23(14-15-28(29)35-2)27(33)19-25(18-22-10-5-4-6-11-22)30(34)32-17-8-7-13-26(32)24-12-9-16-31-21-24/h4-12,14-16,20-21,25-26H,3,13,17-19H2,1-2H3/t25-,26?/m0/s1. The van der Waals surface area contributed by atoms with Gasteiger partial charge >= 0.3 is 0 Å². The highest BCUT2D eigenvalue weighted by Gasteiger charge is 2.32. The third-order valence-corrected chi connectivity index (χ3v) is 6.45. The molecule has 6 heteroatoms. The maximum absolute atomic E-state index is 14.0. The van der Waals surface area contributed by atoms with Crippen LogP contribution < -0.4 is 9.47 Å². The van der Waals surface area contributed by atoms with E-state index in [0.717, 1.165) is 17.5 Å². The van der Waals surface area contributed by atoms with Gasteiger partial charge in [-0.2, -0.15) is 0 Å². The number of hydrogen-bond donors (Lipinski definition) is 0. The summed E-state index contributed by atoms with van der Waals surface area (Å²) in [6.45, 7) is 2.85. The van der Waals surface area contributed by atoms with Gasteiger partial charge in [-0.1, -0.05) is 48.6 Å². The van der Waals surface area contributed by atoms with E-state index in [0.29, 0.717) is 36.6 Å². The van der Waals surface area contributed by atoms with E-state index >= 15 is 0 Å². The maximum atomic E-state index is 14.0. The number of benzene rings is 2. The first-order valence-electron chi connectivity index (χ1n) is 12.3. The van der Waals surface area contributed by atoms with Gasteiger partial charge in [-0.05, 0) is 55.2 Å². The van der Waals surface area contributed by atoms with Crippen LogP contribution in [0.3, 0.4) is 0 Å². The van der Waals surface area contributed by atoms with Crippen LogP contribution in [0.4, 0.5) is 0 Å². The van der Waals surface area contributed by atoms with E-state index in [1.54, 1.807) is 31.5 Å². The zero-order chi connectivity index (χ0) is 25.3. The molecule has 1 aliphatic rings. The maximum Gasteiger partial charge on any atom is 0.227 e. The smallest absolute Gasteiger partial charge is 0.227 e. The number of ether oxygens (including phenoxy) is 2. The van der Waals surface area contributed by atoms with Gasteiger partial charge in [-0.15, -0.1) is 0 Å². The van der Waals surface area contributed by atoms with E-state index in [-0.39, 0.29) is 24.2 Å². The van der Waals surface area contributed by atoms with E-state index < -0.39 is 5.92 Å². The number of hydrogen-bond acceptors (Lipinski definition) is 5. The molecule has 36 heavy (non-hydrogen) atoms. The molecular formula is C30H32N2O4. The van der Waals surface area contributed by atoms with Crippen molar-refractivity contribution in [3.05, 3.63) is 102 Å². The van der Waals surface area contributed by atoms with Crippen LogP contribution in [0.1, 0.15) is 47.3 Å². The second kappa shape index (κ2) is 12.2. The number of aromatic nitrogens is 1. The van der Waals surface area contributed by atoms with Crippen molar-refractivity contribution >= 4 is 11.7 Å². The number of rotatable bonds is 10. The van der Waals surface area contributed by atoms with Gasteiger partial charge in [-0.25, -0.2) is 0 Å². The lowest BCUT2D eigenvalue weighted by Crippen LogP contribution is -2.42. The van der Waals surface area contributed by atoms with Crippen LogP contribution in [0, 0.1) is 5.92 Å². The van der Waals surface area contributed by atoms with Crippen LogP contribution in [0.5, 0.6) is 11.5 Å². The quantitative estimate of drug-likeness (QED) is 0.283. The summed E-state index contributed by atoms with van der Waals surface area (Å²) in [5, 5.41) is 0. The first kappa shape index (κ1) is 25.2. The fraction of sp³-hybridized carbons (Fsp3) is 0.300. The molecule has 6 nitrogen and oxygen atoms in total. The predicted molar refractivity (Wildman–Crippen MR) is 139 cm³/mol. The van der Waals surface area contributed by atoms with Crippen molar-refractivity contribution in [1.82, 2.24) is 9.88 Å². The first-order chi connectivity index (χ1) is 17.6. The number of carbonyl (C=O) groups is 2. The molecule has 0 spiro atoms. The van der Waals surface area contributed by atoms with Crippen molar-refractivity contribution in [2.45, 2.75) is 32.2 Å². The number of Topliss-reactive ketones (excluding diaryl/α,β-unsaturated/α-hetero) is 1. The molecule has 0 radical (unpaired) electrons. The Morgan fingerprint density at radius 1 is 1.06 bits per heavy atom. The topological polar surface area (TPSA) is 68.7 Å². The van der Waals surface area contributed by atoms with Crippen molar-refractivity contribution in [2.75, 3.05) is 20.3 Å².